The van der Waals surface area contributed by atoms with Crippen LogP contribution in [0.15, 0.2) is 24.3 Å². The molecule has 0 unspecified atom stereocenters. The van der Waals surface area contributed by atoms with Gasteiger partial charge in [0.15, 0.2) is 0 Å². The second kappa shape index (κ2) is 2.87. The van der Waals surface area contributed by atoms with E-state index in [0.29, 0.717) is 6.04 Å². The quantitative estimate of drug-likeness (QED) is 0.596. The van der Waals surface area contributed by atoms with Gasteiger partial charge in [0.05, 0.1) is 0 Å². The van der Waals surface area contributed by atoms with Crippen molar-refractivity contribution in [1.29, 1.82) is 0 Å². The van der Waals surface area contributed by atoms with Gasteiger partial charge in [0, 0.05) is 18.2 Å². The molecule has 0 bridgehead atoms. The van der Waals surface area contributed by atoms with Gasteiger partial charge >= 0.3 is 0 Å². The minimum absolute atomic E-state index is 0.160. The van der Waals surface area contributed by atoms with Crippen LogP contribution in [0.3, 0.4) is 0 Å². The molecule has 1 aromatic carbocycles. The number of aryl methyl sites for hydroxylation is 1. The van der Waals surface area contributed by atoms with Crippen LogP contribution >= 0.6 is 0 Å². The molecule has 0 spiro atoms. The Morgan fingerprint density at radius 1 is 1.38 bits per heavy atom. The Morgan fingerprint density at radius 3 is 2.38 bits per heavy atom. The predicted octanol–water partition coefficient (Wildman–Crippen LogP) is 1.84. The summed E-state index contributed by atoms with van der Waals surface area (Å²) >= 11 is 0. The van der Waals surface area contributed by atoms with E-state index in [1.807, 2.05) is 36.1 Å². The lowest BCUT2D eigenvalue weighted by molar-refractivity contribution is 0.0876. The largest absolute Gasteiger partial charge is 0.332 e. The molecule has 2 heteroatoms. The van der Waals surface area contributed by atoms with Crippen molar-refractivity contribution < 1.29 is 4.79 Å². The Bertz CT molecular complexity index is 328. The Labute approximate surface area is 78.2 Å². The van der Waals surface area contributed by atoms with E-state index in [1.165, 1.54) is 5.56 Å². The van der Waals surface area contributed by atoms with Gasteiger partial charge in [0.2, 0.25) is 0 Å². The van der Waals surface area contributed by atoms with Gasteiger partial charge in [-0.3, -0.25) is 4.79 Å². The summed E-state index contributed by atoms with van der Waals surface area (Å²) in [5, 5.41) is 0. The summed E-state index contributed by atoms with van der Waals surface area (Å²) in [7, 11) is 0. The molecule has 0 aliphatic carbocycles. The fourth-order valence-electron chi connectivity index (χ4n) is 1.38. The van der Waals surface area contributed by atoms with Crippen LogP contribution in [-0.2, 0) is 0 Å². The Hall–Kier alpha value is -1.31. The van der Waals surface area contributed by atoms with Crippen LogP contribution in [0.2, 0.25) is 0 Å². The Balaban J connectivity index is 2.17. The number of rotatable bonds is 1. The summed E-state index contributed by atoms with van der Waals surface area (Å²) in [6.45, 7) is 4.99. The molecule has 0 saturated carbocycles. The normalized spacial score (nSPS) is 20.2. The molecular formula is C11H13NO. The zero-order valence-corrected chi connectivity index (χ0v) is 7.95. The maximum atomic E-state index is 11.7. The lowest BCUT2D eigenvalue weighted by atomic mass is 10.1. The number of hydrogen-bond donors (Lipinski definition) is 0. The van der Waals surface area contributed by atoms with Crippen LogP contribution in [0.1, 0.15) is 22.8 Å². The highest BCUT2D eigenvalue weighted by atomic mass is 16.2. The maximum absolute atomic E-state index is 11.7. The molecule has 1 aliphatic rings. The molecule has 1 aliphatic heterocycles. The molecular weight excluding hydrogens is 162 g/mol. The van der Waals surface area contributed by atoms with Gasteiger partial charge in [0.25, 0.3) is 5.91 Å². The highest BCUT2D eigenvalue weighted by Gasteiger charge is 2.34. The first kappa shape index (κ1) is 8.30. The van der Waals surface area contributed by atoms with Crippen molar-refractivity contribution in [3.63, 3.8) is 0 Å². The predicted molar refractivity (Wildman–Crippen MR) is 51.7 cm³/mol. The topological polar surface area (TPSA) is 20.1 Å². The first-order valence-electron chi connectivity index (χ1n) is 4.56. The van der Waals surface area contributed by atoms with E-state index in [1.54, 1.807) is 0 Å². The molecule has 68 valence electrons. The second-order valence-electron chi connectivity index (χ2n) is 3.67. The summed E-state index contributed by atoms with van der Waals surface area (Å²) in [5.41, 5.74) is 1.99. The number of benzene rings is 1. The van der Waals surface area contributed by atoms with Crippen LogP contribution in [0.5, 0.6) is 0 Å². The molecule has 1 aromatic rings. The van der Waals surface area contributed by atoms with Gasteiger partial charge in [-0.1, -0.05) is 17.7 Å². The molecule has 1 heterocycles. The molecule has 0 radical (unpaired) electrons. The standard InChI is InChI=1S/C11H13NO/c1-8-3-5-10(6-4-8)11(13)12-7-9(12)2/h3-6,9H,7H2,1-2H3/t9-,12?/m1/s1. The zero-order chi connectivity index (χ0) is 9.42. The van der Waals surface area contributed by atoms with Crippen molar-refractivity contribution in [2.45, 2.75) is 19.9 Å². The smallest absolute Gasteiger partial charge is 0.254 e. The average Bonchev–Trinajstić information content (AvgIpc) is 2.83. The van der Waals surface area contributed by atoms with Crippen molar-refractivity contribution in [2.75, 3.05) is 6.54 Å². The molecule has 1 fully saturated rings. The third-order valence-electron chi connectivity index (χ3n) is 2.42. The maximum Gasteiger partial charge on any atom is 0.254 e. The monoisotopic (exact) mass is 175 g/mol. The van der Waals surface area contributed by atoms with Crippen molar-refractivity contribution in [3.8, 4) is 0 Å². The van der Waals surface area contributed by atoms with Crippen LogP contribution in [0.25, 0.3) is 0 Å². The fraction of sp³-hybridized carbons (Fsp3) is 0.364. The Morgan fingerprint density at radius 2 is 1.92 bits per heavy atom. The molecule has 0 aromatic heterocycles. The fourth-order valence-corrected chi connectivity index (χ4v) is 1.38. The lowest BCUT2D eigenvalue weighted by Crippen LogP contribution is -2.12. The SMILES string of the molecule is Cc1ccc(C(=O)N2C[C@H]2C)cc1. The number of amides is 1. The minimum Gasteiger partial charge on any atom is -0.332 e. The summed E-state index contributed by atoms with van der Waals surface area (Å²) < 4.78 is 0. The first-order valence-corrected chi connectivity index (χ1v) is 4.56. The molecule has 1 atom stereocenters. The van der Waals surface area contributed by atoms with Crippen molar-refractivity contribution in [3.05, 3.63) is 35.4 Å². The molecule has 13 heavy (non-hydrogen) atoms. The van der Waals surface area contributed by atoms with E-state index in [9.17, 15) is 4.79 Å². The lowest BCUT2D eigenvalue weighted by Gasteiger charge is -2.02. The molecule has 1 amide bonds. The number of carbonyl (C=O) groups is 1. The molecule has 0 N–H and O–H groups in total. The van der Waals surface area contributed by atoms with Crippen molar-refractivity contribution in [2.24, 2.45) is 0 Å². The van der Waals surface area contributed by atoms with Gasteiger partial charge < -0.3 is 4.90 Å². The van der Waals surface area contributed by atoms with Crippen LogP contribution < -0.4 is 0 Å². The summed E-state index contributed by atoms with van der Waals surface area (Å²) in [5.74, 6) is 0.160. The van der Waals surface area contributed by atoms with Crippen molar-refractivity contribution in [1.82, 2.24) is 4.90 Å². The van der Waals surface area contributed by atoms with Gasteiger partial charge in [0.1, 0.15) is 0 Å². The number of nitrogens with zero attached hydrogens (tertiary/aromatic N) is 1. The minimum atomic E-state index is 0.160. The summed E-state index contributed by atoms with van der Waals surface area (Å²) in [6.07, 6.45) is 0. The summed E-state index contributed by atoms with van der Waals surface area (Å²) in [4.78, 5) is 13.5. The van der Waals surface area contributed by atoms with Gasteiger partial charge in [-0.2, -0.15) is 0 Å². The van der Waals surface area contributed by atoms with Gasteiger partial charge in [-0.05, 0) is 26.0 Å². The van der Waals surface area contributed by atoms with Crippen LogP contribution in [0.4, 0.5) is 0 Å². The highest BCUT2D eigenvalue weighted by molar-refractivity contribution is 5.95. The third-order valence-corrected chi connectivity index (χ3v) is 2.42. The van der Waals surface area contributed by atoms with E-state index in [-0.39, 0.29) is 5.91 Å². The average molecular weight is 175 g/mol. The molecule has 2 nitrogen and oxygen atoms in total. The number of hydrogen-bond acceptors (Lipinski definition) is 1. The van der Waals surface area contributed by atoms with E-state index in [2.05, 4.69) is 6.92 Å². The van der Waals surface area contributed by atoms with Crippen LogP contribution in [-0.4, -0.2) is 23.4 Å². The second-order valence-corrected chi connectivity index (χ2v) is 3.67. The molecule has 2 rings (SSSR count). The van der Waals surface area contributed by atoms with Crippen LogP contribution in [0, 0.1) is 6.92 Å². The van der Waals surface area contributed by atoms with Gasteiger partial charge in [-0.15, -0.1) is 0 Å². The Kier molecular flexibility index (Phi) is 1.83. The first-order chi connectivity index (χ1) is 6.18. The van der Waals surface area contributed by atoms with Gasteiger partial charge in [-0.25, -0.2) is 0 Å². The van der Waals surface area contributed by atoms with E-state index in [4.69, 9.17) is 0 Å². The van der Waals surface area contributed by atoms with Crippen molar-refractivity contribution >= 4 is 5.91 Å². The van der Waals surface area contributed by atoms with E-state index < -0.39 is 0 Å². The zero-order valence-electron chi connectivity index (χ0n) is 7.95. The third kappa shape index (κ3) is 1.57. The van der Waals surface area contributed by atoms with E-state index in [0.717, 1.165) is 12.1 Å². The summed E-state index contributed by atoms with van der Waals surface area (Å²) in [6, 6.07) is 8.17. The number of carbonyl (C=O) groups excluding carboxylic acids is 1. The van der Waals surface area contributed by atoms with E-state index >= 15 is 0 Å². The molecule has 1 saturated heterocycles. The highest BCUT2D eigenvalue weighted by Crippen LogP contribution is 2.20.